The Bertz CT molecular complexity index is 993. The Morgan fingerprint density at radius 1 is 1.14 bits per heavy atom. The zero-order chi connectivity index (χ0) is 26.0. The number of aliphatic hydroxyl groups is 3. The van der Waals surface area contributed by atoms with Crippen LogP contribution in [0.25, 0.3) is 0 Å². The van der Waals surface area contributed by atoms with E-state index in [1.807, 2.05) is 13.8 Å². The molecule has 0 amide bonds. The number of hydrogen-bond acceptors (Lipinski definition) is 7. The molecular formula is C28H40O7. The lowest BCUT2D eigenvalue weighted by atomic mass is 9.59. The highest BCUT2D eigenvalue weighted by Gasteiger charge is 2.84. The standard InChI is InChI=1S/C28H40O7/c1-6-7-8-9-10-11-20(30)35-27-13-17(3)28(34)19-12-16(2)24(32)26(19,33)14-18(15-29)22(31)21(28)23(27)25(27,4)5/h12,14,17,19,21,23,29,33-34H,6-11,13,15H2,1-5H3/t17-,19-,21+,23-,26-,27+,28+/m1/s1. The Hall–Kier alpha value is -1.83. The van der Waals surface area contributed by atoms with Crippen molar-refractivity contribution in [3.8, 4) is 0 Å². The van der Waals surface area contributed by atoms with Gasteiger partial charge >= 0.3 is 5.97 Å². The average Bonchev–Trinajstić information content (AvgIpc) is 3.17. The highest BCUT2D eigenvalue weighted by atomic mass is 16.6. The molecule has 0 aromatic rings. The van der Waals surface area contributed by atoms with Gasteiger partial charge in [-0.2, -0.15) is 0 Å². The minimum Gasteiger partial charge on any atom is -0.458 e. The molecule has 194 valence electrons. The molecule has 35 heavy (non-hydrogen) atoms. The summed E-state index contributed by atoms with van der Waals surface area (Å²) in [6, 6.07) is 0. The number of ether oxygens (including phenoxy) is 1. The van der Waals surface area contributed by atoms with Crippen LogP contribution in [0.15, 0.2) is 23.3 Å². The number of ketones is 2. The van der Waals surface area contributed by atoms with Crippen molar-refractivity contribution >= 4 is 17.5 Å². The van der Waals surface area contributed by atoms with E-state index in [1.54, 1.807) is 19.9 Å². The molecule has 0 spiro atoms. The van der Waals surface area contributed by atoms with Crippen LogP contribution in [-0.2, 0) is 19.1 Å². The molecule has 0 unspecified atom stereocenters. The summed E-state index contributed by atoms with van der Waals surface area (Å²) in [5, 5.41) is 33.8. The molecular weight excluding hydrogens is 448 g/mol. The van der Waals surface area contributed by atoms with Crippen LogP contribution in [0.4, 0.5) is 0 Å². The fourth-order valence-electron chi connectivity index (χ4n) is 7.56. The van der Waals surface area contributed by atoms with Gasteiger partial charge < -0.3 is 20.1 Å². The molecule has 0 bridgehead atoms. The molecule has 0 aromatic carbocycles. The van der Waals surface area contributed by atoms with E-state index in [2.05, 4.69) is 6.92 Å². The Balaban J connectivity index is 1.69. The first-order valence-electron chi connectivity index (χ1n) is 13.1. The SMILES string of the molecule is CCCCCCCC(=O)O[C@@]12C[C@@H](C)[C@@]3(O)[C@@H](C(=O)C(CO)=C[C@]4(O)C(=O)C(C)=C[C@@H]34)[C@@H]1C2(C)C. The molecule has 0 radical (unpaired) electrons. The summed E-state index contributed by atoms with van der Waals surface area (Å²) in [5.41, 5.74) is -5.09. The van der Waals surface area contributed by atoms with Gasteiger partial charge in [0.1, 0.15) is 5.60 Å². The molecule has 0 aromatic heterocycles. The molecule has 7 atom stereocenters. The second kappa shape index (κ2) is 8.63. The Morgan fingerprint density at radius 2 is 1.80 bits per heavy atom. The van der Waals surface area contributed by atoms with Crippen molar-refractivity contribution in [2.45, 2.75) is 96.4 Å². The largest absolute Gasteiger partial charge is 0.458 e. The number of carbonyl (C=O) groups is 3. The van der Waals surface area contributed by atoms with Crippen molar-refractivity contribution < 1.29 is 34.4 Å². The Morgan fingerprint density at radius 3 is 2.43 bits per heavy atom. The quantitative estimate of drug-likeness (QED) is 0.355. The first kappa shape index (κ1) is 26.2. The van der Waals surface area contributed by atoms with Crippen molar-refractivity contribution in [2.75, 3.05) is 6.61 Å². The van der Waals surface area contributed by atoms with Crippen LogP contribution in [-0.4, -0.2) is 56.3 Å². The van der Waals surface area contributed by atoms with E-state index >= 15 is 0 Å². The number of aliphatic hydroxyl groups excluding tert-OH is 1. The van der Waals surface area contributed by atoms with Gasteiger partial charge in [-0.1, -0.05) is 59.5 Å². The third-order valence-corrected chi connectivity index (χ3v) is 9.57. The van der Waals surface area contributed by atoms with Gasteiger partial charge in [-0.3, -0.25) is 14.4 Å². The predicted octanol–water partition coefficient (Wildman–Crippen LogP) is 3.05. The number of rotatable bonds is 8. The molecule has 3 N–H and O–H groups in total. The van der Waals surface area contributed by atoms with Gasteiger partial charge in [0.25, 0.3) is 0 Å². The third-order valence-electron chi connectivity index (χ3n) is 9.57. The van der Waals surface area contributed by atoms with E-state index in [-0.39, 0.29) is 11.5 Å². The maximum atomic E-state index is 13.8. The number of fused-ring (bicyclic) bond motifs is 5. The zero-order valence-corrected chi connectivity index (χ0v) is 21.6. The normalized spacial score (nSPS) is 41.3. The number of hydrogen-bond donors (Lipinski definition) is 3. The van der Waals surface area contributed by atoms with Gasteiger partial charge in [-0.25, -0.2) is 0 Å². The van der Waals surface area contributed by atoms with Crippen molar-refractivity contribution in [1.29, 1.82) is 0 Å². The lowest BCUT2D eigenvalue weighted by molar-refractivity contribution is -0.190. The van der Waals surface area contributed by atoms with Crippen molar-refractivity contribution in [2.24, 2.45) is 29.1 Å². The summed E-state index contributed by atoms with van der Waals surface area (Å²) in [6.07, 6.45) is 8.42. The molecule has 7 nitrogen and oxygen atoms in total. The number of carbonyl (C=O) groups excluding carboxylic acids is 3. The molecule has 0 saturated heterocycles. The first-order chi connectivity index (χ1) is 16.3. The van der Waals surface area contributed by atoms with Crippen LogP contribution in [0, 0.1) is 29.1 Å². The fourth-order valence-corrected chi connectivity index (χ4v) is 7.56. The van der Waals surface area contributed by atoms with Gasteiger partial charge in [-0.05, 0) is 37.3 Å². The van der Waals surface area contributed by atoms with Gasteiger partial charge in [0.05, 0.1) is 18.1 Å². The topological polar surface area (TPSA) is 121 Å². The fraction of sp³-hybridized carbons (Fsp3) is 0.750. The van der Waals surface area contributed by atoms with Gasteiger partial charge in [-0.15, -0.1) is 0 Å². The van der Waals surface area contributed by atoms with E-state index in [9.17, 15) is 29.7 Å². The molecule has 2 fully saturated rings. The number of esters is 1. The summed E-state index contributed by atoms with van der Waals surface area (Å²) in [5.74, 6) is -4.44. The average molecular weight is 489 g/mol. The maximum Gasteiger partial charge on any atom is 0.306 e. The molecule has 0 aliphatic heterocycles. The monoisotopic (exact) mass is 488 g/mol. The van der Waals surface area contributed by atoms with Crippen molar-refractivity contribution in [3.05, 3.63) is 23.3 Å². The van der Waals surface area contributed by atoms with Crippen LogP contribution >= 0.6 is 0 Å². The highest BCUT2D eigenvalue weighted by molar-refractivity contribution is 6.09. The Kier molecular flexibility index (Phi) is 6.47. The summed E-state index contributed by atoms with van der Waals surface area (Å²) in [7, 11) is 0. The van der Waals surface area contributed by atoms with Gasteiger partial charge in [0.2, 0.25) is 0 Å². The predicted molar refractivity (Wildman–Crippen MR) is 129 cm³/mol. The molecule has 7 heteroatoms. The number of unbranched alkanes of at least 4 members (excludes halogenated alkanes) is 4. The van der Waals surface area contributed by atoms with Gasteiger partial charge in [0, 0.05) is 29.2 Å². The molecule has 4 aliphatic carbocycles. The van der Waals surface area contributed by atoms with E-state index in [0.29, 0.717) is 18.4 Å². The Labute approximate surface area is 207 Å². The van der Waals surface area contributed by atoms with Crippen LogP contribution in [0.5, 0.6) is 0 Å². The lowest BCUT2D eigenvalue weighted by Crippen LogP contribution is -2.62. The van der Waals surface area contributed by atoms with Crippen LogP contribution < -0.4 is 0 Å². The summed E-state index contributed by atoms with van der Waals surface area (Å²) < 4.78 is 6.15. The van der Waals surface area contributed by atoms with Gasteiger partial charge in [0.15, 0.2) is 17.2 Å². The lowest BCUT2D eigenvalue weighted by Gasteiger charge is -2.50. The molecule has 4 rings (SSSR count). The minimum absolute atomic E-state index is 0.0807. The summed E-state index contributed by atoms with van der Waals surface area (Å²) >= 11 is 0. The molecule has 0 heterocycles. The van der Waals surface area contributed by atoms with E-state index in [1.165, 1.54) is 0 Å². The number of Topliss-reactive ketones (excluding diaryl/α,β-unsaturated/α-hetero) is 2. The summed E-state index contributed by atoms with van der Waals surface area (Å²) in [6.45, 7) is 8.75. The second-order valence-corrected chi connectivity index (χ2v) is 11.9. The molecule has 2 saturated carbocycles. The highest BCUT2D eigenvalue weighted by Crippen LogP contribution is 2.76. The van der Waals surface area contributed by atoms with Crippen LogP contribution in [0.2, 0.25) is 0 Å². The molecule has 4 aliphatic rings. The van der Waals surface area contributed by atoms with Crippen molar-refractivity contribution in [3.63, 3.8) is 0 Å². The second-order valence-electron chi connectivity index (χ2n) is 11.9. The third kappa shape index (κ3) is 3.52. The minimum atomic E-state index is -2.09. The van der Waals surface area contributed by atoms with Crippen LogP contribution in [0.1, 0.15) is 79.6 Å². The van der Waals surface area contributed by atoms with E-state index < -0.39 is 64.1 Å². The first-order valence-corrected chi connectivity index (χ1v) is 13.1. The van der Waals surface area contributed by atoms with E-state index in [0.717, 1.165) is 38.2 Å². The van der Waals surface area contributed by atoms with Crippen LogP contribution in [0.3, 0.4) is 0 Å². The van der Waals surface area contributed by atoms with Crippen molar-refractivity contribution in [1.82, 2.24) is 0 Å². The zero-order valence-electron chi connectivity index (χ0n) is 21.6. The van der Waals surface area contributed by atoms with E-state index in [4.69, 9.17) is 4.74 Å². The smallest absolute Gasteiger partial charge is 0.306 e. The summed E-state index contributed by atoms with van der Waals surface area (Å²) in [4.78, 5) is 39.6. The maximum absolute atomic E-state index is 13.8.